The van der Waals surface area contributed by atoms with E-state index in [4.69, 9.17) is 9.95 Å². The molecule has 1 saturated heterocycles. The third kappa shape index (κ3) is 2.59. The molecule has 0 aliphatic carbocycles. The smallest absolute Gasteiger partial charge is 0.336 e. The van der Waals surface area contributed by atoms with Crippen LogP contribution in [0.5, 0.6) is 0 Å². The molecule has 1 aliphatic rings. The second-order valence-corrected chi connectivity index (χ2v) is 4.96. The largest absolute Gasteiger partial charge is 0.423 e. The van der Waals surface area contributed by atoms with Crippen LogP contribution < -0.4 is 10.5 Å². The number of hydrogen-bond acceptors (Lipinski definition) is 4. The van der Waals surface area contributed by atoms with Crippen molar-refractivity contribution in [1.82, 2.24) is 0 Å². The fourth-order valence-corrected chi connectivity index (χ4v) is 2.53. The van der Waals surface area contributed by atoms with Crippen LogP contribution in [-0.2, 0) is 4.79 Å². The summed E-state index contributed by atoms with van der Waals surface area (Å²) in [6, 6.07) is 8.26. The number of carbonyl (C=O) groups excluding carboxylic acids is 1. The molecule has 3 rings (SSSR count). The minimum absolute atomic E-state index is 0.00451. The van der Waals surface area contributed by atoms with Crippen molar-refractivity contribution in [2.24, 2.45) is 11.0 Å². The number of rotatable bonds is 3. The number of fused-ring (bicyclic) bond motifs is 1. The molecule has 1 amide bonds. The predicted octanol–water partition coefficient (Wildman–Crippen LogP) is 2.46. The fourth-order valence-electron chi connectivity index (χ4n) is 2.53. The highest BCUT2D eigenvalue weighted by Crippen LogP contribution is 2.27. The zero-order valence-electron chi connectivity index (χ0n) is 11.1. The van der Waals surface area contributed by atoms with Gasteiger partial charge in [0.1, 0.15) is 5.58 Å². The summed E-state index contributed by atoms with van der Waals surface area (Å²) < 4.78 is 5.07. The molecule has 1 unspecified atom stereocenters. The number of benzene rings is 1. The second-order valence-electron chi connectivity index (χ2n) is 4.96. The zero-order valence-corrected chi connectivity index (χ0v) is 11.1. The molecular weight excluding hydrogens is 272 g/mol. The molecule has 0 N–H and O–H groups in total. The van der Waals surface area contributed by atoms with Crippen molar-refractivity contribution in [2.45, 2.75) is 6.42 Å². The Bertz CT molecular complexity index is 807. The molecule has 0 saturated carbocycles. The quantitative estimate of drug-likeness (QED) is 0.374. The first-order valence-electron chi connectivity index (χ1n) is 6.52. The lowest BCUT2D eigenvalue weighted by molar-refractivity contribution is -0.117. The Labute approximate surface area is 119 Å². The zero-order chi connectivity index (χ0) is 14.8. The highest BCUT2D eigenvalue weighted by molar-refractivity contribution is 5.97. The standard InChI is InChI=1S/C14H12N4O3/c15-17-16-7-9-5-13(19)18(8-9)11-2-3-12-10(6-11)1-4-14(20)21-12/h1-4,6,9H,5,7-8H2. The molecule has 2 aromatic rings. The number of hydrogen-bond donors (Lipinski definition) is 0. The Morgan fingerprint density at radius 2 is 2.19 bits per heavy atom. The van der Waals surface area contributed by atoms with Crippen LogP contribution in [0.3, 0.4) is 0 Å². The van der Waals surface area contributed by atoms with E-state index in [2.05, 4.69) is 10.0 Å². The van der Waals surface area contributed by atoms with Crippen molar-refractivity contribution in [2.75, 3.05) is 18.0 Å². The predicted molar refractivity (Wildman–Crippen MR) is 77.0 cm³/mol. The van der Waals surface area contributed by atoms with E-state index in [0.29, 0.717) is 25.1 Å². The first-order valence-corrected chi connectivity index (χ1v) is 6.52. The molecule has 0 spiro atoms. The van der Waals surface area contributed by atoms with Crippen molar-refractivity contribution < 1.29 is 9.21 Å². The minimum atomic E-state index is -0.401. The van der Waals surface area contributed by atoms with Crippen LogP contribution in [0.2, 0.25) is 0 Å². The van der Waals surface area contributed by atoms with E-state index in [9.17, 15) is 9.59 Å². The van der Waals surface area contributed by atoms with E-state index in [0.717, 1.165) is 11.1 Å². The van der Waals surface area contributed by atoms with Crippen LogP contribution in [0, 0.1) is 5.92 Å². The SMILES string of the molecule is [N-]=[N+]=NCC1CC(=O)N(c2ccc3oc(=O)ccc3c2)C1. The number of carbonyl (C=O) groups is 1. The first-order chi connectivity index (χ1) is 10.2. The molecule has 21 heavy (non-hydrogen) atoms. The van der Waals surface area contributed by atoms with Gasteiger partial charge in [0.2, 0.25) is 5.91 Å². The van der Waals surface area contributed by atoms with Gasteiger partial charge in [0.15, 0.2) is 0 Å². The summed E-state index contributed by atoms with van der Waals surface area (Å²) in [6.45, 7) is 0.849. The van der Waals surface area contributed by atoms with E-state index in [1.54, 1.807) is 23.1 Å². The average Bonchev–Trinajstić information content (AvgIpc) is 2.85. The van der Waals surface area contributed by atoms with E-state index in [-0.39, 0.29) is 11.8 Å². The van der Waals surface area contributed by atoms with Gasteiger partial charge in [0.05, 0.1) is 0 Å². The van der Waals surface area contributed by atoms with Gasteiger partial charge >= 0.3 is 5.63 Å². The summed E-state index contributed by atoms with van der Waals surface area (Å²) in [5.74, 6) is 0.0441. The van der Waals surface area contributed by atoms with Crippen LogP contribution in [-0.4, -0.2) is 19.0 Å². The van der Waals surface area contributed by atoms with Gasteiger partial charge in [-0.15, -0.1) is 0 Å². The Morgan fingerprint density at radius 3 is 3.00 bits per heavy atom. The third-order valence-electron chi connectivity index (χ3n) is 3.52. The maximum Gasteiger partial charge on any atom is 0.336 e. The lowest BCUT2D eigenvalue weighted by atomic mass is 10.1. The van der Waals surface area contributed by atoms with E-state index >= 15 is 0 Å². The van der Waals surface area contributed by atoms with Gasteiger partial charge < -0.3 is 9.32 Å². The topological polar surface area (TPSA) is 99.3 Å². The summed E-state index contributed by atoms with van der Waals surface area (Å²) in [5.41, 5.74) is 9.18. The van der Waals surface area contributed by atoms with Gasteiger partial charge in [-0.25, -0.2) is 4.79 Å². The third-order valence-corrected chi connectivity index (χ3v) is 3.52. The highest BCUT2D eigenvalue weighted by Gasteiger charge is 2.30. The normalized spacial score (nSPS) is 18.0. The molecule has 2 heterocycles. The molecule has 1 aromatic heterocycles. The van der Waals surface area contributed by atoms with Gasteiger partial charge in [0.25, 0.3) is 0 Å². The Hall–Kier alpha value is -2.79. The van der Waals surface area contributed by atoms with Crippen LogP contribution in [0.4, 0.5) is 5.69 Å². The molecule has 1 aliphatic heterocycles. The van der Waals surface area contributed by atoms with E-state index in [1.165, 1.54) is 6.07 Å². The molecule has 1 aromatic carbocycles. The molecule has 0 bridgehead atoms. The average molecular weight is 284 g/mol. The van der Waals surface area contributed by atoms with Gasteiger partial charge in [-0.05, 0) is 35.7 Å². The number of azide groups is 1. The number of amides is 1. The van der Waals surface area contributed by atoms with E-state index in [1.807, 2.05) is 6.07 Å². The van der Waals surface area contributed by atoms with Crippen molar-refractivity contribution in [3.63, 3.8) is 0 Å². The Kier molecular flexibility index (Phi) is 3.33. The molecule has 1 fully saturated rings. The van der Waals surface area contributed by atoms with Crippen molar-refractivity contribution >= 4 is 22.6 Å². The van der Waals surface area contributed by atoms with Crippen molar-refractivity contribution in [3.05, 3.63) is 51.2 Å². The minimum Gasteiger partial charge on any atom is -0.423 e. The molecule has 106 valence electrons. The van der Waals surface area contributed by atoms with Gasteiger partial charge in [-0.1, -0.05) is 5.11 Å². The molecule has 1 atom stereocenters. The summed E-state index contributed by atoms with van der Waals surface area (Å²) in [7, 11) is 0. The summed E-state index contributed by atoms with van der Waals surface area (Å²) in [4.78, 5) is 27.6. The van der Waals surface area contributed by atoms with Gasteiger partial charge in [-0.2, -0.15) is 0 Å². The maximum absolute atomic E-state index is 12.1. The Morgan fingerprint density at radius 1 is 1.33 bits per heavy atom. The molecular formula is C14H12N4O3. The highest BCUT2D eigenvalue weighted by atomic mass is 16.4. The van der Waals surface area contributed by atoms with Crippen LogP contribution in [0.15, 0.2) is 44.7 Å². The van der Waals surface area contributed by atoms with Crippen LogP contribution in [0.1, 0.15) is 6.42 Å². The second kappa shape index (κ2) is 5.30. The molecule has 7 heteroatoms. The van der Waals surface area contributed by atoms with Crippen molar-refractivity contribution in [1.29, 1.82) is 0 Å². The van der Waals surface area contributed by atoms with Crippen LogP contribution >= 0.6 is 0 Å². The van der Waals surface area contributed by atoms with E-state index < -0.39 is 5.63 Å². The van der Waals surface area contributed by atoms with Crippen molar-refractivity contribution in [3.8, 4) is 0 Å². The maximum atomic E-state index is 12.1. The number of nitrogens with zero attached hydrogens (tertiary/aromatic N) is 4. The Balaban J connectivity index is 1.90. The van der Waals surface area contributed by atoms with Gasteiger partial charge in [-0.3, -0.25) is 4.79 Å². The van der Waals surface area contributed by atoms with Crippen LogP contribution in [0.25, 0.3) is 21.4 Å². The molecule has 0 radical (unpaired) electrons. The van der Waals surface area contributed by atoms with Gasteiger partial charge in [0, 0.05) is 41.6 Å². The first kappa shape index (κ1) is 13.2. The summed E-state index contributed by atoms with van der Waals surface area (Å²) >= 11 is 0. The lowest BCUT2D eigenvalue weighted by Gasteiger charge is -2.16. The monoisotopic (exact) mass is 284 g/mol. The lowest BCUT2D eigenvalue weighted by Crippen LogP contribution is -2.24. The number of anilines is 1. The molecule has 7 nitrogen and oxygen atoms in total. The summed E-state index contributed by atoms with van der Waals surface area (Å²) in [6.07, 6.45) is 0.376. The summed E-state index contributed by atoms with van der Waals surface area (Å²) in [5, 5.41) is 4.29. The fraction of sp³-hybridized carbons (Fsp3) is 0.286.